The fourth-order valence-electron chi connectivity index (χ4n) is 3.58. The second-order valence-electron chi connectivity index (χ2n) is 7.11. The molecule has 0 aliphatic carbocycles. The highest BCUT2D eigenvalue weighted by Gasteiger charge is 2.27. The SMILES string of the molecule is CCC(CC)C(=O)N1CCC(NC(=O)CCc2ccccc2C)CC1. The normalized spacial score (nSPS) is 15.4. The van der Waals surface area contributed by atoms with Gasteiger partial charge in [-0.1, -0.05) is 38.1 Å². The molecule has 0 atom stereocenters. The average molecular weight is 344 g/mol. The van der Waals surface area contributed by atoms with Crippen LogP contribution in [-0.2, 0) is 16.0 Å². The van der Waals surface area contributed by atoms with Crippen molar-refractivity contribution in [1.29, 1.82) is 0 Å². The van der Waals surface area contributed by atoms with E-state index >= 15 is 0 Å². The lowest BCUT2D eigenvalue weighted by atomic mass is 9.98. The van der Waals surface area contributed by atoms with Gasteiger partial charge in [-0.05, 0) is 50.2 Å². The van der Waals surface area contributed by atoms with Crippen LogP contribution < -0.4 is 5.32 Å². The van der Waals surface area contributed by atoms with E-state index in [0.29, 0.717) is 6.42 Å². The minimum absolute atomic E-state index is 0.119. The first-order valence-electron chi connectivity index (χ1n) is 9.67. The van der Waals surface area contributed by atoms with Gasteiger partial charge in [-0.25, -0.2) is 0 Å². The Balaban J connectivity index is 1.73. The van der Waals surface area contributed by atoms with Crippen LogP contribution in [0.25, 0.3) is 0 Å². The summed E-state index contributed by atoms with van der Waals surface area (Å²) in [4.78, 5) is 26.6. The number of aryl methyl sites for hydroxylation is 2. The van der Waals surface area contributed by atoms with E-state index in [0.717, 1.165) is 45.2 Å². The Hall–Kier alpha value is -1.84. The van der Waals surface area contributed by atoms with Gasteiger partial charge in [0.25, 0.3) is 0 Å². The third-order valence-corrected chi connectivity index (χ3v) is 5.39. The predicted molar refractivity (Wildman–Crippen MR) is 101 cm³/mol. The van der Waals surface area contributed by atoms with Gasteiger partial charge in [0.1, 0.15) is 0 Å². The van der Waals surface area contributed by atoms with Gasteiger partial charge < -0.3 is 10.2 Å². The van der Waals surface area contributed by atoms with Crippen LogP contribution in [0.15, 0.2) is 24.3 Å². The standard InChI is InChI=1S/C21H32N2O2/c1-4-17(5-2)21(25)23-14-12-19(13-15-23)22-20(24)11-10-18-9-7-6-8-16(18)3/h6-9,17,19H,4-5,10-15H2,1-3H3,(H,22,24). The van der Waals surface area contributed by atoms with Gasteiger partial charge >= 0.3 is 0 Å². The van der Waals surface area contributed by atoms with E-state index in [9.17, 15) is 9.59 Å². The molecule has 1 aliphatic heterocycles. The van der Waals surface area contributed by atoms with E-state index in [2.05, 4.69) is 38.2 Å². The van der Waals surface area contributed by atoms with Crippen molar-refractivity contribution in [1.82, 2.24) is 10.2 Å². The predicted octanol–water partition coefficient (Wildman–Crippen LogP) is 3.47. The summed E-state index contributed by atoms with van der Waals surface area (Å²) in [5.41, 5.74) is 2.48. The zero-order valence-corrected chi connectivity index (χ0v) is 15.9. The lowest BCUT2D eigenvalue weighted by Gasteiger charge is -2.34. The first kappa shape index (κ1) is 19.5. The van der Waals surface area contributed by atoms with Crippen molar-refractivity contribution in [2.75, 3.05) is 13.1 Å². The molecular weight excluding hydrogens is 312 g/mol. The number of nitrogens with one attached hydrogen (secondary N) is 1. The largest absolute Gasteiger partial charge is 0.353 e. The molecule has 1 N–H and O–H groups in total. The Labute approximate surface area is 152 Å². The molecule has 0 bridgehead atoms. The first-order chi connectivity index (χ1) is 12.0. The molecule has 1 aromatic carbocycles. The van der Waals surface area contributed by atoms with Crippen LogP contribution in [0.4, 0.5) is 0 Å². The summed E-state index contributed by atoms with van der Waals surface area (Å²) >= 11 is 0. The second kappa shape index (κ2) is 9.59. The summed E-state index contributed by atoms with van der Waals surface area (Å²) in [5, 5.41) is 3.15. The molecule has 0 radical (unpaired) electrons. The molecule has 1 saturated heterocycles. The van der Waals surface area contributed by atoms with Crippen molar-refractivity contribution < 1.29 is 9.59 Å². The number of likely N-dealkylation sites (tertiary alicyclic amines) is 1. The van der Waals surface area contributed by atoms with Crippen LogP contribution in [-0.4, -0.2) is 35.8 Å². The summed E-state index contributed by atoms with van der Waals surface area (Å²) in [5.74, 6) is 0.558. The number of benzene rings is 1. The van der Waals surface area contributed by atoms with E-state index < -0.39 is 0 Å². The van der Waals surface area contributed by atoms with Crippen LogP contribution in [0.2, 0.25) is 0 Å². The third kappa shape index (κ3) is 5.58. The zero-order valence-electron chi connectivity index (χ0n) is 15.9. The number of rotatable bonds is 7. The fraction of sp³-hybridized carbons (Fsp3) is 0.619. The summed E-state index contributed by atoms with van der Waals surface area (Å²) in [6.45, 7) is 7.76. The van der Waals surface area contributed by atoms with Crippen LogP contribution >= 0.6 is 0 Å². The number of piperidine rings is 1. The molecule has 1 fully saturated rings. The topological polar surface area (TPSA) is 49.4 Å². The second-order valence-corrected chi connectivity index (χ2v) is 7.11. The Bertz CT molecular complexity index is 573. The molecule has 0 spiro atoms. The highest BCUT2D eigenvalue weighted by Crippen LogP contribution is 2.17. The molecule has 4 nitrogen and oxygen atoms in total. The highest BCUT2D eigenvalue weighted by atomic mass is 16.2. The number of hydrogen-bond acceptors (Lipinski definition) is 2. The van der Waals surface area contributed by atoms with Gasteiger partial charge in [-0.3, -0.25) is 9.59 Å². The van der Waals surface area contributed by atoms with Crippen molar-refractivity contribution in [3.63, 3.8) is 0 Å². The van der Waals surface area contributed by atoms with E-state index in [4.69, 9.17) is 0 Å². The van der Waals surface area contributed by atoms with Crippen molar-refractivity contribution in [2.45, 2.75) is 65.3 Å². The molecule has 2 amide bonds. The molecule has 25 heavy (non-hydrogen) atoms. The number of nitrogens with zero attached hydrogens (tertiary/aromatic N) is 1. The average Bonchev–Trinajstić information content (AvgIpc) is 2.62. The van der Waals surface area contributed by atoms with Gasteiger partial charge in [0.2, 0.25) is 11.8 Å². The van der Waals surface area contributed by atoms with Crippen LogP contribution in [0, 0.1) is 12.8 Å². The maximum atomic E-state index is 12.4. The molecule has 2 rings (SSSR count). The summed E-state index contributed by atoms with van der Waals surface area (Å²) in [7, 11) is 0. The molecule has 1 heterocycles. The van der Waals surface area contributed by atoms with Crippen LogP contribution in [0.5, 0.6) is 0 Å². The Morgan fingerprint density at radius 1 is 1.16 bits per heavy atom. The van der Waals surface area contributed by atoms with Gasteiger partial charge in [-0.15, -0.1) is 0 Å². The van der Waals surface area contributed by atoms with Crippen molar-refractivity contribution in [2.24, 2.45) is 5.92 Å². The van der Waals surface area contributed by atoms with E-state index in [1.165, 1.54) is 11.1 Å². The molecular formula is C21H32N2O2. The lowest BCUT2D eigenvalue weighted by Crippen LogP contribution is -2.48. The fourth-order valence-corrected chi connectivity index (χ4v) is 3.58. The quantitative estimate of drug-likeness (QED) is 0.823. The summed E-state index contributed by atoms with van der Waals surface area (Å²) in [6.07, 6.45) is 4.85. The van der Waals surface area contributed by atoms with E-state index in [-0.39, 0.29) is 23.8 Å². The molecule has 138 valence electrons. The molecule has 4 heteroatoms. The molecule has 0 saturated carbocycles. The first-order valence-corrected chi connectivity index (χ1v) is 9.67. The minimum Gasteiger partial charge on any atom is -0.353 e. The monoisotopic (exact) mass is 344 g/mol. The smallest absolute Gasteiger partial charge is 0.225 e. The number of carbonyl (C=O) groups excluding carboxylic acids is 2. The van der Waals surface area contributed by atoms with Crippen molar-refractivity contribution in [3.05, 3.63) is 35.4 Å². The van der Waals surface area contributed by atoms with Gasteiger partial charge in [0.15, 0.2) is 0 Å². The highest BCUT2D eigenvalue weighted by molar-refractivity contribution is 5.79. The molecule has 1 aliphatic rings. The Morgan fingerprint density at radius 2 is 1.80 bits per heavy atom. The number of hydrogen-bond donors (Lipinski definition) is 1. The van der Waals surface area contributed by atoms with Crippen LogP contribution in [0.3, 0.4) is 0 Å². The maximum absolute atomic E-state index is 12.4. The van der Waals surface area contributed by atoms with Crippen LogP contribution in [0.1, 0.15) is 57.1 Å². The zero-order chi connectivity index (χ0) is 18.2. The lowest BCUT2D eigenvalue weighted by molar-refractivity contribution is -0.137. The molecule has 1 aromatic rings. The minimum atomic E-state index is 0.119. The maximum Gasteiger partial charge on any atom is 0.225 e. The van der Waals surface area contributed by atoms with Gasteiger partial charge in [-0.2, -0.15) is 0 Å². The van der Waals surface area contributed by atoms with Gasteiger partial charge in [0.05, 0.1) is 0 Å². The van der Waals surface area contributed by atoms with Gasteiger partial charge in [0, 0.05) is 31.5 Å². The third-order valence-electron chi connectivity index (χ3n) is 5.39. The van der Waals surface area contributed by atoms with Crippen molar-refractivity contribution in [3.8, 4) is 0 Å². The molecule has 0 unspecified atom stereocenters. The Kier molecular flexibility index (Phi) is 7.48. The van der Waals surface area contributed by atoms with Crippen molar-refractivity contribution >= 4 is 11.8 Å². The Morgan fingerprint density at radius 3 is 2.40 bits per heavy atom. The summed E-state index contributed by atoms with van der Waals surface area (Å²) in [6, 6.07) is 8.42. The number of carbonyl (C=O) groups is 2. The molecule has 0 aromatic heterocycles. The number of amides is 2. The van der Waals surface area contributed by atoms with E-state index in [1.54, 1.807) is 0 Å². The summed E-state index contributed by atoms with van der Waals surface area (Å²) < 4.78 is 0. The van der Waals surface area contributed by atoms with E-state index in [1.807, 2.05) is 17.0 Å².